The Labute approximate surface area is 223 Å². The van der Waals surface area contributed by atoms with Gasteiger partial charge in [-0.1, -0.05) is 50.1 Å². The average Bonchev–Trinajstić information content (AvgIpc) is 3.24. The van der Waals surface area contributed by atoms with Gasteiger partial charge in [-0.05, 0) is 54.4 Å². The maximum Gasteiger partial charge on any atom is 0.333 e. The van der Waals surface area contributed by atoms with Crippen molar-refractivity contribution >= 4 is 28.5 Å². The summed E-state index contributed by atoms with van der Waals surface area (Å²) in [4.78, 5) is 31.6. The molecule has 198 valence electrons. The molecule has 0 spiro atoms. The van der Waals surface area contributed by atoms with Crippen molar-refractivity contribution < 1.29 is 23.9 Å². The van der Waals surface area contributed by atoms with Crippen LogP contribution >= 0.6 is 0 Å². The van der Waals surface area contributed by atoms with E-state index in [9.17, 15) is 9.59 Å². The van der Waals surface area contributed by atoms with Crippen molar-refractivity contribution in [2.24, 2.45) is 0 Å². The van der Waals surface area contributed by atoms with Gasteiger partial charge in [-0.15, -0.1) is 5.06 Å². The molecule has 38 heavy (non-hydrogen) atoms. The second-order valence-corrected chi connectivity index (χ2v) is 9.11. The molecule has 0 aliphatic carbocycles. The summed E-state index contributed by atoms with van der Waals surface area (Å²) < 4.78 is 13.0. The molecule has 0 bridgehead atoms. The standard InChI is InChI=1S/C31H34N2O5/c1-5-6-8-13-29(35)38-33(22(2)34)31-27-20-26(37-4)18-19-28(27)32(21-23-11-9-7-10-12-23)30(31)24-14-16-25(36-3)17-15-24/h7,9-12,14-20H,5-6,8,13,21H2,1-4H3. The molecule has 0 radical (unpaired) electrons. The van der Waals surface area contributed by atoms with Gasteiger partial charge in [0.05, 0.1) is 25.4 Å². The van der Waals surface area contributed by atoms with E-state index < -0.39 is 11.9 Å². The second-order valence-electron chi connectivity index (χ2n) is 9.11. The van der Waals surface area contributed by atoms with Gasteiger partial charge >= 0.3 is 5.97 Å². The van der Waals surface area contributed by atoms with Gasteiger partial charge in [0, 0.05) is 30.8 Å². The third kappa shape index (κ3) is 5.83. The lowest BCUT2D eigenvalue weighted by molar-refractivity contribution is -0.150. The predicted molar refractivity (Wildman–Crippen MR) is 149 cm³/mol. The summed E-state index contributed by atoms with van der Waals surface area (Å²) in [6.07, 6.45) is 2.84. The number of hydrogen-bond acceptors (Lipinski definition) is 5. The molecule has 1 aromatic heterocycles. The topological polar surface area (TPSA) is 70.0 Å². The smallest absolute Gasteiger partial charge is 0.333 e. The Balaban J connectivity index is 1.96. The maximum absolute atomic E-state index is 13.0. The first-order chi connectivity index (χ1) is 18.5. The van der Waals surface area contributed by atoms with Gasteiger partial charge < -0.3 is 18.9 Å². The fraction of sp³-hybridized carbons (Fsp3) is 0.290. The maximum atomic E-state index is 13.0. The van der Waals surface area contributed by atoms with Gasteiger partial charge in [-0.3, -0.25) is 4.79 Å². The molecule has 0 fully saturated rings. The fourth-order valence-electron chi connectivity index (χ4n) is 4.55. The molecule has 7 heteroatoms. The van der Waals surface area contributed by atoms with E-state index in [4.69, 9.17) is 14.3 Å². The van der Waals surface area contributed by atoms with Crippen molar-refractivity contribution in [3.05, 3.63) is 78.4 Å². The number of carbonyl (C=O) groups excluding carboxylic acids is 2. The second kappa shape index (κ2) is 12.3. The van der Waals surface area contributed by atoms with Gasteiger partial charge in [0.25, 0.3) is 5.91 Å². The number of methoxy groups -OCH3 is 2. The Morgan fingerprint density at radius 3 is 2.18 bits per heavy atom. The van der Waals surface area contributed by atoms with E-state index in [1.807, 2.05) is 60.7 Å². The highest BCUT2D eigenvalue weighted by Gasteiger charge is 2.29. The van der Waals surface area contributed by atoms with Crippen LogP contribution in [0, 0.1) is 0 Å². The van der Waals surface area contributed by atoms with Crippen molar-refractivity contribution in [3.63, 3.8) is 0 Å². The zero-order valence-corrected chi connectivity index (χ0v) is 22.4. The first-order valence-electron chi connectivity index (χ1n) is 12.9. The third-order valence-corrected chi connectivity index (χ3v) is 6.46. The van der Waals surface area contributed by atoms with E-state index in [0.29, 0.717) is 30.2 Å². The molecule has 0 aliphatic heterocycles. The normalized spacial score (nSPS) is 10.8. The van der Waals surface area contributed by atoms with Gasteiger partial charge in [0.1, 0.15) is 17.2 Å². The van der Waals surface area contributed by atoms with Crippen LogP contribution < -0.4 is 14.5 Å². The number of carbonyl (C=O) groups is 2. The number of fused-ring (bicyclic) bond motifs is 1. The summed E-state index contributed by atoms with van der Waals surface area (Å²) >= 11 is 0. The van der Waals surface area contributed by atoms with Crippen LogP contribution in [-0.2, 0) is 21.0 Å². The molecule has 1 heterocycles. The van der Waals surface area contributed by atoms with Crippen LogP contribution in [0.5, 0.6) is 11.5 Å². The summed E-state index contributed by atoms with van der Waals surface area (Å²) in [6.45, 7) is 4.02. The lowest BCUT2D eigenvalue weighted by Gasteiger charge is -2.22. The Hall–Kier alpha value is -4.26. The van der Waals surface area contributed by atoms with E-state index in [1.165, 1.54) is 6.92 Å². The number of hydroxylamine groups is 1. The zero-order valence-electron chi connectivity index (χ0n) is 22.4. The van der Waals surface area contributed by atoms with Crippen molar-refractivity contribution in [3.8, 4) is 22.8 Å². The van der Waals surface area contributed by atoms with E-state index in [2.05, 4.69) is 23.6 Å². The Morgan fingerprint density at radius 1 is 0.868 bits per heavy atom. The van der Waals surface area contributed by atoms with E-state index in [1.54, 1.807) is 14.2 Å². The van der Waals surface area contributed by atoms with Crippen LogP contribution in [0.1, 0.15) is 45.1 Å². The van der Waals surface area contributed by atoms with Crippen molar-refractivity contribution in [1.82, 2.24) is 4.57 Å². The number of ether oxygens (including phenoxy) is 2. The molecule has 7 nitrogen and oxygen atoms in total. The minimum atomic E-state index is -0.443. The van der Waals surface area contributed by atoms with Gasteiger partial charge in [0.2, 0.25) is 0 Å². The molecule has 0 saturated heterocycles. The number of anilines is 1. The lowest BCUT2D eigenvalue weighted by atomic mass is 10.1. The van der Waals surface area contributed by atoms with E-state index in [0.717, 1.165) is 45.6 Å². The molecule has 0 saturated carbocycles. The minimum absolute atomic E-state index is 0.238. The number of aromatic nitrogens is 1. The lowest BCUT2D eigenvalue weighted by Crippen LogP contribution is -2.32. The highest BCUT2D eigenvalue weighted by molar-refractivity contribution is 6.09. The van der Waals surface area contributed by atoms with Gasteiger partial charge in [0.15, 0.2) is 0 Å². The summed E-state index contributed by atoms with van der Waals surface area (Å²) in [7, 11) is 3.22. The zero-order chi connectivity index (χ0) is 27.1. The van der Waals surface area contributed by atoms with Crippen LogP contribution in [-0.4, -0.2) is 30.7 Å². The molecule has 4 rings (SSSR count). The predicted octanol–water partition coefficient (Wildman–Crippen LogP) is 6.77. The van der Waals surface area contributed by atoms with Crippen LogP contribution in [0.25, 0.3) is 22.2 Å². The number of nitrogens with zero attached hydrogens (tertiary/aromatic N) is 2. The first kappa shape index (κ1) is 26.8. The van der Waals surface area contributed by atoms with Crippen LogP contribution in [0.4, 0.5) is 5.69 Å². The van der Waals surface area contributed by atoms with Crippen LogP contribution in [0.2, 0.25) is 0 Å². The fourth-order valence-corrected chi connectivity index (χ4v) is 4.55. The molecular formula is C31H34N2O5. The molecule has 0 N–H and O–H groups in total. The number of benzene rings is 3. The minimum Gasteiger partial charge on any atom is -0.497 e. The van der Waals surface area contributed by atoms with Gasteiger partial charge in [-0.25, -0.2) is 4.79 Å². The molecule has 0 aliphatic rings. The molecule has 1 amide bonds. The van der Waals surface area contributed by atoms with Crippen LogP contribution in [0.15, 0.2) is 72.8 Å². The highest BCUT2D eigenvalue weighted by atomic mass is 16.7. The van der Waals surface area contributed by atoms with Crippen LogP contribution in [0.3, 0.4) is 0 Å². The summed E-state index contributed by atoms with van der Waals surface area (Å²) in [6, 6.07) is 23.5. The average molecular weight is 515 g/mol. The summed E-state index contributed by atoms with van der Waals surface area (Å²) in [5.74, 6) is 0.509. The Morgan fingerprint density at radius 2 is 1.55 bits per heavy atom. The molecule has 0 atom stereocenters. The molecular weight excluding hydrogens is 480 g/mol. The molecule has 4 aromatic rings. The molecule has 0 unspecified atom stereocenters. The Kier molecular flexibility index (Phi) is 8.69. The number of unbranched alkanes of at least 4 members (excludes halogenated alkanes) is 2. The monoisotopic (exact) mass is 514 g/mol. The number of hydrogen-bond donors (Lipinski definition) is 0. The number of amides is 1. The van der Waals surface area contributed by atoms with Gasteiger partial charge in [-0.2, -0.15) is 0 Å². The third-order valence-electron chi connectivity index (χ3n) is 6.46. The summed E-state index contributed by atoms with van der Waals surface area (Å²) in [5, 5.41) is 1.87. The number of rotatable bonds is 10. The summed E-state index contributed by atoms with van der Waals surface area (Å²) in [5.41, 5.74) is 4.06. The van der Waals surface area contributed by atoms with Crippen molar-refractivity contribution in [2.75, 3.05) is 19.3 Å². The largest absolute Gasteiger partial charge is 0.497 e. The quantitative estimate of drug-likeness (QED) is 0.173. The van der Waals surface area contributed by atoms with Crippen molar-refractivity contribution in [1.29, 1.82) is 0 Å². The van der Waals surface area contributed by atoms with E-state index in [-0.39, 0.29) is 6.42 Å². The first-order valence-corrected chi connectivity index (χ1v) is 12.9. The Bertz CT molecular complexity index is 1390. The van der Waals surface area contributed by atoms with Crippen molar-refractivity contribution in [2.45, 2.75) is 46.1 Å². The molecule has 3 aromatic carbocycles. The highest BCUT2D eigenvalue weighted by Crippen LogP contribution is 2.43. The van der Waals surface area contributed by atoms with E-state index >= 15 is 0 Å². The SMILES string of the molecule is CCCCCC(=O)ON(C(C)=O)c1c(-c2ccc(OC)cc2)n(Cc2ccccc2)c2ccc(OC)cc12.